The number of rotatable bonds is 25. The number of para-hydroxylation sites is 2. The van der Waals surface area contributed by atoms with Crippen molar-refractivity contribution in [2.45, 2.75) is 141 Å². The number of nitrogens with zero attached hydrogens (tertiary/aromatic N) is 3. The second kappa shape index (κ2) is 21.4. The maximum Gasteiger partial charge on any atom is 0.159 e. The van der Waals surface area contributed by atoms with Gasteiger partial charge < -0.3 is 14.0 Å². The molecule has 0 amide bonds. The number of imidazole rings is 1. The fourth-order valence-corrected chi connectivity index (χ4v) is 9.59. The van der Waals surface area contributed by atoms with Crippen molar-refractivity contribution in [2.75, 3.05) is 13.7 Å². The minimum atomic E-state index is 0.0404. The highest BCUT2D eigenvalue weighted by Gasteiger charge is 2.42. The zero-order valence-corrected chi connectivity index (χ0v) is 36.2. The average molecular weight is 790 g/mol. The Hall–Kier alpha value is -4.90. The third kappa shape index (κ3) is 10.1. The Kier molecular flexibility index (Phi) is 15.3. The number of hydrogen-bond donors (Lipinski definition) is 0. The van der Waals surface area contributed by atoms with E-state index in [9.17, 15) is 0 Å². The molecular formula is C54H67N3O2. The van der Waals surface area contributed by atoms with Crippen LogP contribution in [-0.4, -0.2) is 28.3 Å². The van der Waals surface area contributed by atoms with Crippen molar-refractivity contribution in [1.29, 1.82) is 0 Å². The summed E-state index contributed by atoms with van der Waals surface area (Å²) in [6.45, 7) is 6.22. The van der Waals surface area contributed by atoms with Gasteiger partial charge in [0.15, 0.2) is 5.82 Å². The Morgan fingerprint density at radius 1 is 0.576 bits per heavy atom. The van der Waals surface area contributed by atoms with Crippen LogP contribution in [0.4, 0.5) is 0 Å². The molecule has 1 aliphatic rings. The third-order valence-corrected chi connectivity index (χ3v) is 12.8. The molecule has 0 spiro atoms. The topological polar surface area (TPSA) is 49.2 Å². The molecule has 0 radical (unpaired) electrons. The van der Waals surface area contributed by atoms with Crippen LogP contribution in [0.3, 0.4) is 0 Å². The number of unbranched alkanes of at least 4 members (excludes halogenated alkanes) is 13. The molecule has 2 aromatic heterocycles. The minimum Gasteiger partial charge on any atom is -0.497 e. The van der Waals surface area contributed by atoms with Crippen molar-refractivity contribution in [2.24, 2.45) is 0 Å². The Bertz CT molecular complexity index is 2190. The largest absolute Gasteiger partial charge is 0.497 e. The van der Waals surface area contributed by atoms with E-state index in [4.69, 9.17) is 14.5 Å². The van der Waals surface area contributed by atoms with Gasteiger partial charge >= 0.3 is 0 Å². The lowest BCUT2D eigenvalue weighted by molar-refractivity contribution is 0.304. The monoisotopic (exact) mass is 790 g/mol. The number of methoxy groups -OCH3 is 1. The second-order valence-electron chi connectivity index (χ2n) is 16.8. The molecule has 4 aromatic carbocycles. The molecular weight excluding hydrogens is 723 g/mol. The van der Waals surface area contributed by atoms with Crippen LogP contribution in [0.15, 0.2) is 109 Å². The van der Waals surface area contributed by atoms with Gasteiger partial charge in [-0.05, 0) is 102 Å². The van der Waals surface area contributed by atoms with E-state index >= 15 is 0 Å². The number of fused-ring (bicyclic) bond motifs is 4. The normalized spacial score (nSPS) is 12.8. The number of ether oxygens (including phenoxy) is 2. The van der Waals surface area contributed by atoms with Crippen molar-refractivity contribution < 1.29 is 9.47 Å². The summed E-state index contributed by atoms with van der Waals surface area (Å²) in [4.78, 5) is 9.56. The highest BCUT2D eigenvalue weighted by atomic mass is 16.5. The Morgan fingerprint density at radius 2 is 1.25 bits per heavy atom. The maximum absolute atomic E-state index is 6.66. The summed E-state index contributed by atoms with van der Waals surface area (Å²) in [6, 6.07) is 37.4. The molecule has 310 valence electrons. The van der Waals surface area contributed by atoms with Crippen LogP contribution in [0.1, 0.15) is 141 Å². The summed E-state index contributed by atoms with van der Waals surface area (Å²) in [5.41, 5.74) is 11.4. The molecule has 0 saturated heterocycles. The molecule has 5 nitrogen and oxygen atoms in total. The van der Waals surface area contributed by atoms with E-state index in [2.05, 4.69) is 102 Å². The van der Waals surface area contributed by atoms with Crippen LogP contribution >= 0.6 is 0 Å². The fourth-order valence-electron chi connectivity index (χ4n) is 9.59. The Morgan fingerprint density at radius 3 is 2.02 bits per heavy atom. The van der Waals surface area contributed by atoms with E-state index in [0.717, 1.165) is 66.3 Å². The van der Waals surface area contributed by atoms with E-state index in [1.165, 1.54) is 118 Å². The van der Waals surface area contributed by atoms with Crippen LogP contribution in [-0.2, 0) is 12.0 Å². The van der Waals surface area contributed by atoms with Gasteiger partial charge in [0.2, 0.25) is 0 Å². The molecule has 0 saturated carbocycles. The molecule has 0 unspecified atom stereocenters. The summed E-state index contributed by atoms with van der Waals surface area (Å²) < 4.78 is 14.8. The van der Waals surface area contributed by atoms with E-state index in [1.807, 2.05) is 30.5 Å². The van der Waals surface area contributed by atoms with Crippen LogP contribution in [0.5, 0.6) is 11.5 Å². The van der Waals surface area contributed by atoms with Crippen LogP contribution in [0.2, 0.25) is 0 Å². The van der Waals surface area contributed by atoms with Crippen LogP contribution < -0.4 is 9.47 Å². The van der Waals surface area contributed by atoms with E-state index in [0.29, 0.717) is 6.61 Å². The fraction of sp³-hybridized carbons (Fsp3) is 0.444. The Labute approximate surface area is 354 Å². The average Bonchev–Trinajstić information content (AvgIpc) is 3.79. The van der Waals surface area contributed by atoms with Crippen molar-refractivity contribution in [3.05, 3.63) is 120 Å². The molecule has 0 bridgehead atoms. The Balaban J connectivity index is 1.05. The zero-order valence-electron chi connectivity index (χ0n) is 36.2. The molecule has 2 heterocycles. The highest BCUT2D eigenvalue weighted by molar-refractivity contribution is 5.85. The van der Waals surface area contributed by atoms with Gasteiger partial charge in [-0.25, -0.2) is 4.98 Å². The first-order valence-electron chi connectivity index (χ1n) is 23.1. The van der Waals surface area contributed by atoms with Gasteiger partial charge in [0.05, 0.1) is 24.8 Å². The third-order valence-electron chi connectivity index (χ3n) is 12.8. The lowest BCUT2D eigenvalue weighted by Crippen LogP contribution is -2.25. The molecule has 0 fully saturated rings. The number of aromatic nitrogens is 3. The SMILES string of the molecule is CCCCCCCCC1(CCCCCCCC)c2ccccc2-c2ccc(-c3cc(OC)ccc3OCCCCCCn3c(-c4ccccn4)nc4ccccc43)cc21. The zero-order chi connectivity index (χ0) is 40.7. The number of pyridine rings is 1. The first-order chi connectivity index (χ1) is 29.2. The van der Waals surface area contributed by atoms with Gasteiger partial charge in [-0.15, -0.1) is 0 Å². The maximum atomic E-state index is 6.66. The summed E-state index contributed by atoms with van der Waals surface area (Å²) >= 11 is 0. The van der Waals surface area contributed by atoms with Gasteiger partial charge in [-0.2, -0.15) is 0 Å². The number of aryl methyl sites for hydroxylation is 1. The van der Waals surface area contributed by atoms with Gasteiger partial charge in [0.25, 0.3) is 0 Å². The standard InChI is InChI=1S/C54H67N3O2/c1-4-6-8-10-12-21-35-54(36-22-13-11-9-7-5-2)47-27-17-16-26-44(47)45-33-31-42(40-48(45)54)46-41-43(58-3)32-34-52(46)59-39-25-15-14-24-38-57-51-30-19-18-28-49(51)56-53(57)50-29-20-23-37-55-50/h16-20,23,26-34,37,40-41H,4-15,21-22,24-25,35-36,38-39H2,1-3H3. The first-order valence-corrected chi connectivity index (χ1v) is 23.1. The van der Waals surface area contributed by atoms with Gasteiger partial charge in [-0.3, -0.25) is 4.98 Å². The van der Waals surface area contributed by atoms with Crippen molar-refractivity contribution in [3.63, 3.8) is 0 Å². The molecule has 7 rings (SSSR count). The van der Waals surface area contributed by atoms with Crippen molar-refractivity contribution in [3.8, 4) is 45.3 Å². The second-order valence-corrected chi connectivity index (χ2v) is 16.8. The molecule has 6 aromatic rings. The first kappa shape index (κ1) is 42.2. The molecule has 5 heteroatoms. The minimum absolute atomic E-state index is 0.0404. The van der Waals surface area contributed by atoms with Gasteiger partial charge in [-0.1, -0.05) is 158 Å². The molecule has 0 atom stereocenters. The number of benzene rings is 4. The van der Waals surface area contributed by atoms with E-state index in [1.54, 1.807) is 12.7 Å². The van der Waals surface area contributed by atoms with Gasteiger partial charge in [0.1, 0.15) is 17.2 Å². The van der Waals surface area contributed by atoms with Crippen molar-refractivity contribution >= 4 is 11.0 Å². The van der Waals surface area contributed by atoms with Crippen LogP contribution in [0.25, 0.3) is 44.8 Å². The lowest BCUT2D eigenvalue weighted by atomic mass is 9.70. The quantitative estimate of drug-likeness (QED) is 0.0542. The smallest absolute Gasteiger partial charge is 0.159 e. The summed E-state index contributed by atoms with van der Waals surface area (Å²) in [7, 11) is 1.76. The van der Waals surface area contributed by atoms with Crippen molar-refractivity contribution in [1.82, 2.24) is 14.5 Å². The highest BCUT2D eigenvalue weighted by Crippen LogP contribution is 2.55. The molecule has 0 N–H and O–H groups in total. The molecule has 0 aliphatic heterocycles. The van der Waals surface area contributed by atoms with Gasteiger partial charge in [0, 0.05) is 23.7 Å². The summed E-state index contributed by atoms with van der Waals surface area (Å²) in [5, 5.41) is 0. The predicted octanol–water partition coefficient (Wildman–Crippen LogP) is 15.2. The summed E-state index contributed by atoms with van der Waals surface area (Å²) in [5.74, 6) is 2.74. The van der Waals surface area contributed by atoms with E-state index in [-0.39, 0.29) is 5.41 Å². The number of hydrogen-bond acceptors (Lipinski definition) is 4. The molecule has 59 heavy (non-hydrogen) atoms. The predicted molar refractivity (Wildman–Crippen MR) is 248 cm³/mol. The van der Waals surface area contributed by atoms with Crippen LogP contribution in [0, 0.1) is 0 Å². The molecule has 1 aliphatic carbocycles. The van der Waals surface area contributed by atoms with E-state index < -0.39 is 0 Å². The lowest BCUT2D eigenvalue weighted by Gasteiger charge is -2.33. The summed E-state index contributed by atoms with van der Waals surface area (Å²) in [6.07, 6.45) is 24.4.